The molecule has 210 valence electrons. The van der Waals surface area contributed by atoms with Gasteiger partial charge in [-0.05, 0) is 56.3 Å². The summed E-state index contributed by atoms with van der Waals surface area (Å²) in [5.74, 6) is -0.677. The van der Waals surface area contributed by atoms with Crippen LogP contribution in [-0.2, 0) is 21.7 Å². The van der Waals surface area contributed by atoms with Crippen LogP contribution in [0.5, 0.6) is 11.8 Å². The van der Waals surface area contributed by atoms with Crippen LogP contribution >= 0.6 is 0 Å². The van der Waals surface area contributed by atoms with Gasteiger partial charge in [-0.25, -0.2) is 14.8 Å². The third-order valence-electron chi connectivity index (χ3n) is 7.38. The predicted octanol–water partition coefficient (Wildman–Crippen LogP) is 4.36. The molecule has 0 unspecified atom stereocenters. The quantitative estimate of drug-likeness (QED) is 0.344. The number of aryl methyl sites for hydroxylation is 2. The van der Waals surface area contributed by atoms with Crippen molar-refractivity contribution in [3.63, 3.8) is 0 Å². The number of carboxylic acids is 1. The van der Waals surface area contributed by atoms with E-state index in [1.807, 2.05) is 78.9 Å². The van der Waals surface area contributed by atoms with Crippen molar-refractivity contribution >= 4 is 17.6 Å². The largest absolute Gasteiger partial charge is 0.497 e. The Kier molecular flexibility index (Phi) is 7.72. The number of fused-ring (bicyclic) bond motifs is 1. The van der Waals surface area contributed by atoms with Crippen LogP contribution in [-0.4, -0.2) is 58.7 Å². The van der Waals surface area contributed by atoms with E-state index in [0.717, 1.165) is 5.56 Å². The molecule has 1 N–H and O–H groups in total. The highest BCUT2D eigenvalue weighted by Gasteiger charge is 2.55. The first-order valence-corrected chi connectivity index (χ1v) is 13.3. The van der Waals surface area contributed by atoms with Gasteiger partial charge in [0.2, 0.25) is 12.0 Å². The van der Waals surface area contributed by atoms with Gasteiger partial charge < -0.3 is 19.5 Å². The number of methoxy groups -OCH3 is 1. The summed E-state index contributed by atoms with van der Waals surface area (Å²) < 4.78 is 11.5. The van der Waals surface area contributed by atoms with Crippen LogP contribution in [0.1, 0.15) is 28.1 Å². The lowest BCUT2D eigenvalue weighted by atomic mass is 9.76. The number of rotatable bonds is 8. The van der Waals surface area contributed by atoms with Gasteiger partial charge in [-0.3, -0.25) is 9.69 Å². The monoisotopic (exact) mass is 552 g/mol. The average molecular weight is 553 g/mol. The second-order valence-electron chi connectivity index (χ2n) is 10.1. The molecule has 1 aliphatic heterocycles. The Morgan fingerprint density at radius 1 is 0.976 bits per heavy atom. The molecular weight excluding hydrogens is 520 g/mol. The molecule has 2 atom stereocenters. The second kappa shape index (κ2) is 11.4. The maximum absolute atomic E-state index is 13.9. The minimum absolute atomic E-state index is 0.0400. The van der Waals surface area contributed by atoms with Crippen molar-refractivity contribution < 1.29 is 24.2 Å². The zero-order valence-corrected chi connectivity index (χ0v) is 23.4. The molecule has 0 bridgehead atoms. The molecule has 2 heterocycles. The number of aliphatic carboxylic acids is 1. The Morgan fingerprint density at radius 3 is 2.24 bits per heavy atom. The Balaban J connectivity index is 1.73. The average Bonchev–Trinajstić information content (AvgIpc) is 3.04. The molecule has 9 nitrogen and oxygen atoms in total. The number of anilines is 1. The molecule has 0 fully saturated rings. The number of para-hydroxylation sites is 1. The normalized spacial score (nSPS) is 17.9. The van der Waals surface area contributed by atoms with Gasteiger partial charge in [0.15, 0.2) is 0 Å². The number of hydrogen-bond acceptors (Lipinski definition) is 7. The van der Waals surface area contributed by atoms with Crippen molar-refractivity contribution in [3.05, 3.63) is 113 Å². The summed E-state index contributed by atoms with van der Waals surface area (Å²) in [7, 11) is 3.35. The summed E-state index contributed by atoms with van der Waals surface area (Å²) in [5.41, 5.74) is 2.66. The lowest BCUT2D eigenvalue weighted by Gasteiger charge is -2.44. The van der Waals surface area contributed by atoms with Gasteiger partial charge in [0.1, 0.15) is 11.3 Å². The van der Waals surface area contributed by atoms with E-state index < -0.39 is 17.6 Å². The first-order chi connectivity index (χ1) is 19.7. The van der Waals surface area contributed by atoms with Gasteiger partial charge in [0.05, 0.1) is 20.2 Å². The standard InChI is InChI=1S/C32H32N4O5/c1-21-18-22(2)34-31(33-21)41-29(30(38)39)32(24-10-6-5-7-11-24)26-12-8-9-13-27(26)36(28(37)20-35(32)3)19-23-14-16-25(40-4)17-15-23/h5-18,29H,19-20H2,1-4H3,(H,38,39)/t29-,32+/m1/s1. The second-order valence-corrected chi connectivity index (χ2v) is 10.1. The first-order valence-electron chi connectivity index (χ1n) is 13.3. The molecule has 0 radical (unpaired) electrons. The summed E-state index contributed by atoms with van der Waals surface area (Å²) in [4.78, 5) is 39.4. The minimum Gasteiger partial charge on any atom is -0.497 e. The number of hydrogen-bond donors (Lipinski definition) is 1. The van der Waals surface area contributed by atoms with E-state index in [4.69, 9.17) is 9.47 Å². The van der Waals surface area contributed by atoms with Crippen molar-refractivity contribution in [1.29, 1.82) is 0 Å². The summed E-state index contributed by atoms with van der Waals surface area (Å²) >= 11 is 0. The zero-order chi connectivity index (χ0) is 29.1. The number of carbonyl (C=O) groups is 2. The topological polar surface area (TPSA) is 105 Å². The summed E-state index contributed by atoms with van der Waals surface area (Å²) in [6.45, 7) is 3.82. The Morgan fingerprint density at radius 2 is 1.61 bits per heavy atom. The number of nitrogens with zero attached hydrogens (tertiary/aromatic N) is 4. The number of likely N-dealkylation sites (N-methyl/N-ethyl adjacent to an activating group) is 1. The zero-order valence-electron chi connectivity index (χ0n) is 23.4. The third kappa shape index (κ3) is 5.24. The summed E-state index contributed by atoms with van der Waals surface area (Å²) in [6, 6.07) is 26.0. The highest BCUT2D eigenvalue weighted by molar-refractivity contribution is 5.97. The molecule has 4 aromatic rings. The number of aromatic nitrogens is 2. The van der Waals surface area contributed by atoms with Crippen LogP contribution in [0, 0.1) is 13.8 Å². The molecule has 0 spiro atoms. The van der Waals surface area contributed by atoms with Gasteiger partial charge in [0, 0.05) is 22.6 Å². The predicted molar refractivity (Wildman–Crippen MR) is 154 cm³/mol. The van der Waals surface area contributed by atoms with E-state index in [2.05, 4.69) is 9.97 Å². The molecule has 0 saturated heterocycles. The summed E-state index contributed by atoms with van der Waals surface area (Å²) in [5, 5.41) is 10.8. The molecule has 1 amide bonds. The number of benzene rings is 3. The lowest BCUT2D eigenvalue weighted by Crippen LogP contribution is -2.59. The molecular formula is C32H32N4O5. The number of carbonyl (C=O) groups excluding carboxylic acids is 1. The van der Waals surface area contributed by atoms with Crippen molar-refractivity contribution in [2.24, 2.45) is 0 Å². The highest BCUT2D eigenvalue weighted by Crippen LogP contribution is 2.46. The third-order valence-corrected chi connectivity index (χ3v) is 7.38. The molecule has 41 heavy (non-hydrogen) atoms. The lowest BCUT2D eigenvalue weighted by molar-refractivity contribution is -0.153. The fraction of sp³-hybridized carbons (Fsp3) is 0.250. The van der Waals surface area contributed by atoms with Crippen LogP contribution in [0.25, 0.3) is 0 Å². The van der Waals surface area contributed by atoms with Crippen molar-refractivity contribution in [3.8, 4) is 11.8 Å². The molecule has 5 rings (SSSR count). The van der Waals surface area contributed by atoms with E-state index in [1.54, 1.807) is 43.9 Å². The Hall–Kier alpha value is -4.76. The number of ether oxygens (including phenoxy) is 2. The van der Waals surface area contributed by atoms with Crippen molar-refractivity contribution in [2.75, 3.05) is 25.6 Å². The van der Waals surface area contributed by atoms with Gasteiger partial charge in [0.25, 0.3) is 0 Å². The Bertz CT molecular complexity index is 1540. The van der Waals surface area contributed by atoms with Crippen LogP contribution < -0.4 is 14.4 Å². The molecule has 0 saturated carbocycles. The van der Waals surface area contributed by atoms with Gasteiger partial charge in [-0.15, -0.1) is 0 Å². The van der Waals surface area contributed by atoms with Crippen LogP contribution in [0.15, 0.2) is 84.9 Å². The maximum Gasteiger partial charge on any atom is 0.347 e. The van der Waals surface area contributed by atoms with Gasteiger partial charge in [-0.1, -0.05) is 60.7 Å². The van der Waals surface area contributed by atoms with Gasteiger partial charge in [-0.2, -0.15) is 0 Å². The number of carboxylic acid groups (broad SMARTS) is 1. The van der Waals surface area contributed by atoms with Gasteiger partial charge >= 0.3 is 12.0 Å². The molecule has 0 aliphatic carbocycles. The Labute approximate surface area is 239 Å². The van der Waals surface area contributed by atoms with Crippen LogP contribution in [0.3, 0.4) is 0 Å². The van der Waals surface area contributed by atoms with Crippen molar-refractivity contribution in [1.82, 2.24) is 14.9 Å². The fourth-order valence-electron chi connectivity index (χ4n) is 5.60. The molecule has 9 heteroatoms. The van der Waals surface area contributed by atoms with E-state index in [0.29, 0.717) is 34.0 Å². The van der Waals surface area contributed by atoms with E-state index in [9.17, 15) is 14.7 Å². The molecule has 1 aliphatic rings. The first kappa shape index (κ1) is 27.8. The van der Waals surface area contributed by atoms with Crippen LogP contribution in [0.2, 0.25) is 0 Å². The smallest absolute Gasteiger partial charge is 0.347 e. The maximum atomic E-state index is 13.9. The molecule has 3 aromatic carbocycles. The van der Waals surface area contributed by atoms with E-state index in [1.165, 1.54) is 0 Å². The number of amides is 1. The van der Waals surface area contributed by atoms with Crippen molar-refractivity contribution in [2.45, 2.75) is 32.0 Å². The van der Waals surface area contributed by atoms with E-state index in [-0.39, 0.29) is 25.0 Å². The van der Waals surface area contributed by atoms with E-state index >= 15 is 0 Å². The summed E-state index contributed by atoms with van der Waals surface area (Å²) in [6.07, 6.45) is -1.51. The van der Waals surface area contributed by atoms with Crippen LogP contribution in [0.4, 0.5) is 5.69 Å². The highest BCUT2D eigenvalue weighted by atomic mass is 16.5. The fourth-order valence-corrected chi connectivity index (χ4v) is 5.60. The minimum atomic E-state index is -1.51. The molecule has 1 aromatic heterocycles. The SMILES string of the molecule is COc1ccc(CN2C(=O)CN(C)[C@](c3ccccc3)([C@H](Oc3nc(C)cc(C)n3)C(=O)O)c3ccccc32)cc1.